The third-order valence-corrected chi connectivity index (χ3v) is 4.63. The fourth-order valence-electron chi connectivity index (χ4n) is 2.36. The van der Waals surface area contributed by atoms with E-state index in [1.54, 1.807) is 0 Å². The molecule has 0 saturated carbocycles. The largest absolute Gasteiger partial charge is 0.491 e. The third kappa shape index (κ3) is 4.39. The van der Waals surface area contributed by atoms with Crippen LogP contribution in [0.4, 0.5) is 0 Å². The van der Waals surface area contributed by atoms with Gasteiger partial charge in [0, 0.05) is 16.3 Å². The summed E-state index contributed by atoms with van der Waals surface area (Å²) in [4.78, 5) is 15.6. The Bertz CT molecular complexity index is 814. The quantitative estimate of drug-likeness (QED) is 0.514. The first-order valence-electron chi connectivity index (χ1n) is 7.76. The zero-order valence-corrected chi connectivity index (χ0v) is 13.6. The molecule has 0 aliphatic rings. The lowest BCUT2D eigenvalue weighted by Gasteiger charge is -2.09. The summed E-state index contributed by atoms with van der Waals surface area (Å²) in [7, 11) is 0. The summed E-state index contributed by atoms with van der Waals surface area (Å²) < 4.78 is 5.85. The number of fused-ring (bicyclic) bond motifs is 1. The maximum absolute atomic E-state index is 11.5. The van der Waals surface area contributed by atoms with Gasteiger partial charge in [0.05, 0.1) is 12.1 Å². The minimum Gasteiger partial charge on any atom is -0.491 e. The molecule has 118 valence electrons. The van der Waals surface area contributed by atoms with E-state index in [0.29, 0.717) is 6.61 Å². The van der Waals surface area contributed by atoms with Crippen molar-refractivity contribution >= 4 is 22.7 Å². The molecule has 0 unspecified atom stereocenters. The fraction of sp³-hybridized carbons (Fsp3) is 0.211. The highest BCUT2D eigenvalue weighted by Gasteiger charge is 2.02. The average molecular weight is 325 g/mol. The molecular formula is C19H19NO2S. The molecule has 3 nitrogen and oxygen atoms in total. The maximum Gasteiger partial charge on any atom is 0.248 e. The van der Waals surface area contributed by atoms with Crippen molar-refractivity contribution in [2.75, 3.05) is 12.4 Å². The van der Waals surface area contributed by atoms with Crippen LogP contribution in [0.15, 0.2) is 70.4 Å². The van der Waals surface area contributed by atoms with Crippen LogP contribution in [0.3, 0.4) is 0 Å². The van der Waals surface area contributed by atoms with E-state index < -0.39 is 0 Å². The Kier molecular flexibility index (Phi) is 5.37. The number of rotatable bonds is 7. The Morgan fingerprint density at radius 1 is 0.913 bits per heavy atom. The number of aromatic amines is 1. The van der Waals surface area contributed by atoms with Crippen LogP contribution in [0, 0.1) is 0 Å². The molecule has 23 heavy (non-hydrogen) atoms. The van der Waals surface area contributed by atoms with Gasteiger partial charge < -0.3 is 9.72 Å². The Labute approximate surface area is 139 Å². The van der Waals surface area contributed by atoms with E-state index in [1.165, 1.54) is 11.0 Å². The van der Waals surface area contributed by atoms with Crippen molar-refractivity contribution in [3.05, 3.63) is 71.0 Å². The highest BCUT2D eigenvalue weighted by atomic mass is 32.2. The lowest BCUT2D eigenvalue weighted by atomic mass is 10.2. The monoisotopic (exact) mass is 325 g/mol. The molecule has 0 atom stereocenters. The zero-order valence-electron chi connectivity index (χ0n) is 12.8. The topological polar surface area (TPSA) is 42.1 Å². The number of ether oxygens (including phenoxy) is 1. The van der Waals surface area contributed by atoms with Gasteiger partial charge in [-0.05, 0) is 42.9 Å². The molecule has 0 amide bonds. The van der Waals surface area contributed by atoms with Crippen LogP contribution >= 0.6 is 11.8 Å². The highest BCUT2D eigenvalue weighted by Crippen LogP contribution is 2.23. The molecular weight excluding hydrogens is 306 g/mol. The standard InChI is InChI=1S/C19H19NO2S/c21-18-12-11-15-7-6-10-17(19(15)20-18)22-13-4-5-14-23-16-8-2-1-3-9-16/h1-3,6-12H,4-5,13-14H2,(H,20,21). The number of thioether (sulfide) groups is 1. The summed E-state index contributed by atoms with van der Waals surface area (Å²) in [5, 5.41) is 0.988. The van der Waals surface area contributed by atoms with E-state index in [-0.39, 0.29) is 5.56 Å². The number of nitrogens with one attached hydrogen (secondary N) is 1. The van der Waals surface area contributed by atoms with Gasteiger partial charge in [0.25, 0.3) is 0 Å². The van der Waals surface area contributed by atoms with E-state index in [2.05, 4.69) is 29.2 Å². The van der Waals surface area contributed by atoms with Crippen molar-refractivity contribution in [2.24, 2.45) is 0 Å². The molecule has 0 saturated heterocycles. The van der Waals surface area contributed by atoms with Crippen molar-refractivity contribution < 1.29 is 4.74 Å². The van der Waals surface area contributed by atoms with E-state index in [0.717, 1.165) is 35.2 Å². The Morgan fingerprint density at radius 2 is 1.78 bits per heavy atom. The van der Waals surface area contributed by atoms with E-state index in [9.17, 15) is 4.79 Å². The van der Waals surface area contributed by atoms with E-state index in [1.807, 2.05) is 42.1 Å². The molecule has 0 fully saturated rings. The van der Waals surface area contributed by atoms with Crippen LogP contribution < -0.4 is 10.3 Å². The molecule has 0 bridgehead atoms. The third-order valence-electron chi connectivity index (χ3n) is 3.53. The summed E-state index contributed by atoms with van der Waals surface area (Å²) >= 11 is 1.87. The van der Waals surface area contributed by atoms with Crippen molar-refractivity contribution in [1.82, 2.24) is 4.98 Å². The first-order valence-corrected chi connectivity index (χ1v) is 8.74. The second-order valence-electron chi connectivity index (χ2n) is 5.26. The van der Waals surface area contributed by atoms with Gasteiger partial charge in [-0.3, -0.25) is 4.79 Å². The van der Waals surface area contributed by atoms with Crippen LogP contribution in [0.5, 0.6) is 5.75 Å². The van der Waals surface area contributed by atoms with Gasteiger partial charge in [0.15, 0.2) is 0 Å². The summed E-state index contributed by atoms with van der Waals surface area (Å²) in [6, 6.07) is 19.6. The summed E-state index contributed by atoms with van der Waals surface area (Å²) in [5.41, 5.74) is 0.673. The molecule has 0 aliphatic heterocycles. The van der Waals surface area contributed by atoms with Crippen molar-refractivity contribution in [3.8, 4) is 5.75 Å². The number of benzene rings is 2. The normalized spacial score (nSPS) is 10.8. The molecule has 3 rings (SSSR count). The van der Waals surface area contributed by atoms with Gasteiger partial charge in [-0.25, -0.2) is 0 Å². The van der Waals surface area contributed by atoms with Crippen LogP contribution in [-0.4, -0.2) is 17.3 Å². The fourth-order valence-corrected chi connectivity index (χ4v) is 3.30. The van der Waals surface area contributed by atoms with Crippen molar-refractivity contribution in [3.63, 3.8) is 0 Å². The van der Waals surface area contributed by atoms with Gasteiger partial charge in [0.1, 0.15) is 5.75 Å². The Balaban J connectivity index is 1.48. The van der Waals surface area contributed by atoms with Gasteiger partial charge in [-0.15, -0.1) is 11.8 Å². The summed E-state index contributed by atoms with van der Waals surface area (Å²) in [6.07, 6.45) is 2.09. The molecule has 0 spiro atoms. The van der Waals surface area contributed by atoms with Gasteiger partial charge in [-0.2, -0.15) is 0 Å². The molecule has 2 aromatic carbocycles. The van der Waals surface area contributed by atoms with Gasteiger partial charge in [-0.1, -0.05) is 30.3 Å². The van der Waals surface area contributed by atoms with Gasteiger partial charge >= 0.3 is 0 Å². The zero-order chi connectivity index (χ0) is 15.9. The van der Waals surface area contributed by atoms with Crippen LogP contribution in [0.1, 0.15) is 12.8 Å². The molecule has 3 aromatic rings. The smallest absolute Gasteiger partial charge is 0.248 e. The molecule has 1 N–H and O–H groups in total. The lowest BCUT2D eigenvalue weighted by molar-refractivity contribution is 0.313. The second-order valence-corrected chi connectivity index (χ2v) is 6.43. The number of hydrogen-bond acceptors (Lipinski definition) is 3. The molecule has 1 aromatic heterocycles. The highest BCUT2D eigenvalue weighted by molar-refractivity contribution is 7.99. The predicted molar refractivity (Wildman–Crippen MR) is 96.5 cm³/mol. The molecule has 0 aliphatic carbocycles. The summed E-state index contributed by atoms with van der Waals surface area (Å²) in [6.45, 7) is 0.658. The minimum atomic E-state index is -0.104. The Hall–Kier alpha value is -2.20. The van der Waals surface area contributed by atoms with Crippen molar-refractivity contribution in [1.29, 1.82) is 0 Å². The number of hydrogen-bond donors (Lipinski definition) is 1. The molecule has 1 heterocycles. The number of para-hydroxylation sites is 1. The minimum absolute atomic E-state index is 0.104. The molecule has 4 heteroatoms. The lowest BCUT2D eigenvalue weighted by Crippen LogP contribution is -2.05. The average Bonchev–Trinajstić information content (AvgIpc) is 2.59. The number of unbranched alkanes of at least 4 members (excludes halogenated alkanes) is 1. The van der Waals surface area contributed by atoms with Gasteiger partial charge in [0.2, 0.25) is 5.56 Å². The first kappa shape index (κ1) is 15.7. The van der Waals surface area contributed by atoms with E-state index >= 15 is 0 Å². The number of pyridine rings is 1. The summed E-state index contributed by atoms with van der Waals surface area (Å²) in [5.74, 6) is 1.83. The predicted octanol–water partition coefficient (Wildman–Crippen LogP) is 4.48. The molecule has 0 radical (unpaired) electrons. The van der Waals surface area contributed by atoms with Crippen LogP contribution in [0.25, 0.3) is 10.9 Å². The van der Waals surface area contributed by atoms with E-state index in [4.69, 9.17) is 4.74 Å². The first-order chi connectivity index (χ1) is 11.3. The van der Waals surface area contributed by atoms with Crippen molar-refractivity contribution in [2.45, 2.75) is 17.7 Å². The van der Waals surface area contributed by atoms with Crippen LogP contribution in [-0.2, 0) is 0 Å². The number of H-pyrrole nitrogens is 1. The Morgan fingerprint density at radius 3 is 2.65 bits per heavy atom. The van der Waals surface area contributed by atoms with Crippen LogP contribution in [0.2, 0.25) is 0 Å². The SMILES string of the molecule is O=c1ccc2cccc(OCCCCSc3ccccc3)c2[nH]1. The second kappa shape index (κ2) is 7.88. The number of aromatic nitrogens is 1. The maximum atomic E-state index is 11.5.